The van der Waals surface area contributed by atoms with Crippen molar-refractivity contribution in [3.05, 3.63) is 23.4 Å². The summed E-state index contributed by atoms with van der Waals surface area (Å²) in [6.07, 6.45) is 2.76. The highest BCUT2D eigenvalue weighted by molar-refractivity contribution is 7.80. The second-order valence-electron chi connectivity index (χ2n) is 4.80. The van der Waals surface area contributed by atoms with Gasteiger partial charge in [-0.2, -0.15) is 0 Å². The summed E-state index contributed by atoms with van der Waals surface area (Å²) >= 11 is 5.06. The van der Waals surface area contributed by atoms with E-state index in [9.17, 15) is 4.79 Å². The van der Waals surface area contributed by atoms with Gasteiger partial charge in [-0.3, -0.25) is 4.79 Å². The van der Waals surface area contributed by atoms with Gasteiger partial charge in [-0.15, -0.1) is 0 Å². The molecule has 2 rings (SSSR count). The lowest BCUT2D eigenvalue weighted by atomic mass is 10.0. The van der Waals surface area contributed by atoms with Crippen molar-refractivity contribution in [1.82, 2.24) is 4.98 Å². The highest BCUT2D eigenvalue weighted by Gasteiger charge is 2.29. The van der Waals surface area contributed by atoms with Crippen LogP contribution in [-0.4, -0.2) is 28.5 Å². The number of anilines is 1. The highest BCUT2D eigenvalue weighted by atomic mass is 32.1. The van der Waals surface area contributed by atoms with Gasteiger partial charge in [0.1, 0.15) is 16.8 Å². The number of primary amides is 1. The van der Waals surface area contributed by atoms with Crippen LogP contribution in [0.2, 0.25) is 0 Å². The minimum Gasteiger partial charge on any atom is -0.389 e. The predicted octanol–water partition coefficient (Wildman–Crippen LogP) is 0.868. The minimum absolute atomic E-state index is 0.288. The quantitative estimate of drug-likeness (QED) is 0.801. The molecule has 0 aromatic carbocycles. The molecule has 1 unspecified atom stereocenters. The fourth-order valence-electron chi connectivity index (χ4n) is 2.44. The topological polar surface area (TPSA) is 85.2 Å². The Morgan fingerprint density at radius 2 is 2.16 bits per heavy atom. The lowest BCUT2D eigenvalue weighted by Crippen LogP contribution is -2.48. The Kier molecular flexibility index (Phi) is 3.99. The van der Waals surface area contributed by atoms with Crippen LogP contribution in [0.3, 0.4) is 0 Å². The van der Waals surface area contributed by atoms with Crippen LogP contribution >= 0.6 is 12.2 Å². The van der Waals surface area contributed by atoms with Gasteiger partial charge in [0.15, 0.2) is 0 Å². The molecule has 4 N–H and O–H groups in total. The first kappa shape index (κ1) is 13.7. The maximum Gasteiger partial charge on any atom is 0.240 e. The van der Waals surface area contributed by atoms with Gasteiger partial charge in [0, 0.05) is 12.2 Å². The van der Waals surface area contributed by atoms with Gasteiger partial charge < -0.3 is 16.4 Å². The molecule has 5 nitrogen and oxygen atoms in total. The Bertz CT molecular complexity index is 517. The number of carbonyl (C=O) groups is 1. The molecule has 1 saturated heterocycles. The van der Waals surface area contributed by atoms with Crippen LogP contribution in [0.1, 0.15) is 30.5 Å². The zero-order valence-corrected chi connectivity index (χ0v) is 11.7. The van der Waals surface area contributed by atoms with Crippen molar-refractivity contribution < 1.29 is 4.79 Å². The second-order valence-corrected chi connectivity index (χ2v) is 5.24. The molecule has 1 amide bonds. The lowest BCUT2D eigenvalue weighted by Gasteiger charge is -2.35. The van der Waals surface area contributed by atoms with Gasteiger partial charge in [-0.05, 0) is 38.3 Å². The van der Waals surface area contributed by atoms with Crippen LogP contribution in [0.5, 0.6) is 0 Å². The third kappa shape index (κ3) is 2.84. The van der Waals surface area contributed by atoms with Gasteiger partial charge in [0.2, 0.25) is 5.91 Å². The molecule has 0 aliphatic carbocycles. The van der Waals surface area contributed by atoms with Crippen molar-refractivity contribution in [2.45, 2.75) is 32.2 Å². The van der Waals surface area contributed by atoms with Crippen LogP contribution in [0.15, 0.2) is 12.1 Å². The van der Waals surface area contributed by atoms with Crippen molar-refractivity contribution in [1.29, 1.82) is 0 Å². The van der Waals surface area contributed by atoms with E-state index in [0.717, 1.165) is 31.5 Å². The Labute approximate surface area is 118 Å². The van der Waals surface area contributed by atoms with E-state index in [-0.39, 0.29) is 16.9 Å². The Morgan fingerprint density at radius 1 is 1.42 bits per heavy atom. The first-order valence-electron chi connectivity index (χ1n) is 6.34. The van der Waals surface area contributed by atoms with E-state index in [1.54, 1.807) is 0 Å². The number of aromatic nitrogens is 1. The molecule has 102 valence electrons. The summed E-state index contributed by atoms with van der Waals surface area (Å²) < 4.78 is 0. The van der Waals surface area contributed by atoms with Crippen LogP contribution in [0.4, 0.5) is 5.82 Å². The minimum atomic E-state index is -0.323. The van der Waals surface area contributed by atoms with Crippen molar-refractivity contribution in [3.63, 3.8) is 0 Å². The third-order valence-electron chi connectivity index (χ3n) is 3.38. The molecule has 1 fully saturated rings. The largest absolute Gasteiger partial charge is 0.389 e. The number of thiocarbonyl (C=S) groups is 1. The van der Waals surface area contributed by atoms with E-state index in [1.165, 1.54) is 0 Å². The molecule has 1 aromatic heterocycles. The fourth-order valence-corrected chi connectivity index (χ4v) is 2.59. The van der Waals surface area contributed by atoms with Crippen LogP contribution < -0.4 is 16.4 Å². The SMILES string of the molecule is Cc1ccc(C(N)=S)c(N2CCCCC2C(N)=O)n1. The number of pyridine rings is 1. The number of carbonyl (C=O) groups excluding carboxylic acids is 1. The number of nitrogens with two attached hydrogens (primary N) is 2. The number of amides is 1. The molecule has 0 spiro atoms. The van der Waals surface area contributed by atoms with Gasteiger partial charge in [0.05, 0.1) is 5.56 Å². The summed E-state index contributed by atoms with van der Waals surface area (Å²) in [6.45, 7) is 2.65. The number of hydrogen-bond donors (Lipinski definition) is 2. The maximum absolute atomic E-state index is 11.6. The number of piperidine rings is 1. The summed E-state index contributed by atoms with van der Waals surface area (Å²) in [4.78, 5) is 18.3. The Hall–Kier alpha value is -1.69. The van der Waals surface area contributed by atoms with Crippen molar-refractivity contribution in [2.24, 2.45) is 11.5 Å². The molecular formula is C13H18N4OS. The van der Waals surface area contributed by atoms with Gasteiger partial charge in [0.25, 0.3) is 0 Å². The van der Waals surface area contributed by atoms with Gasteiger partial charge >= 0.3 is 0 Å². The second kappa shape index (κ2) is 5.52. The van der Waals surface area contributed by atoms with Crippen molar-refractivity contribution in [3.8, 4) is 0 Å². The molecule has 19 heavy (non-hydrogen) atoms. The normalized spacial score (nSPS) is 19.2. The third-order valence-corrected chi connectivity index (χ3v) is 3.60. The molecule has 1 aliphatic rings. The van der Waals surface area contributed by atoms with Crippen molar-refractivity contribution >= 4 is 28.9 Å². The number of aryl methyl sites for hydroxylation is 1. The van der Waals surface area contributed by atoms with Gasteiger partial charge in [-0.1, -0.05) is 12.2 Å². The Morgan fingerprint density at radius 3 is 2.79 bits per heavy atom. The first-order chi connectivity index (χ1) is 9.00. The highest BCUT2D eigenvalue weighted by Crippen LogP contribution is 2.26. The smallest absolute Gasteiger partial charge is 0.240 e. The summed E-state index contributed by atoms with van der Waals surface area (Å²) in [7, 11) is 0. The number of rotatable bonds is 3. The van der Waals surface area contributed by atoms with E-state index < -0.39 is 0 Å². The summed E-state index contributed by atoms with van der Waals surface area (Å²) in [5, 5.41) is 0. The van der Waals surface area contributed by atoms with Crippen LogP contribution in [-0.2, 0) is 4.79 Å². The first-order valence-corrected chi connectivity index (χ1v) is 6.75. The van der Waals surface area contributed by atoms with E-state index >= 15 is 0 Å². The maximum atomic E-state index is 11.6. The zero-order valence-electron chi connectivity index (χ0n) is 10.9. The van der Waals surface area contributed by atoms with Crippen LogP contribution in [0, 0.1) is 6.92 Å². The molecule has 1 atom stereocenters. The lowest BCUT2D eigenvalue weighted by molar-refractivity contribution is -0.119. The summed E-state index contributed by atoms with van der Waals surface area (Å²) in [6, 6.07) is 3.39. The monoisotopic (exact) mass is 278 g/mol. The number of nitrogens with zero attached hydrogens (tertiary/aromatic N) is 2. The molecule has 0 saturated carbocycles. The van der Waals surface area contributed by atoms with Crippen molar-refractivity contribution in [2.75, 3.05) is 11.4 Å². The average molecular weight is 278 g/mol. The summed E-state index contributed by atoms with van der Waals surface area (Å²) in [5.74, 6) is 0.355. The van der Waals surface area contributed by atoms with E-state index in [2.05, 4.69) is 4.98 Å². The standard InChI is InChI=1S/C13H18N4OS/c1-8-5-6-9(12(15)19)13(16-8)17-7-3-2-4-10(17)11(14)18/h5-6,10H,2-4,7H2,1H3,(H2,14,18)(H2,15,19). The predicted molar refractivity (Wildman–Crippen MR) is 79.0 cm³/mol. The zero-order chi connectivity index (χ0) is 14.0. The molecule has 1 aromatic rings. The van der Waals surface area contributed by atoms with Gasteiger partial charge in [-0.25, -0.2) is 4.98 Å². The molecule has 0 radical (unpaired) electrons. The average Bonchev–Trinajstić information content (AvgIpc) is 2.38. The van der Waals surface area contributed by atoms with E-state index in [4.69, 9.17) is 23.7 Å². The van der Waals surface area contributed by atoms with Crippen LogP contribution in [0.25, 0.3) is 0 Å². The molecule has 1 aliphatic heterocycles. The van der Waals surface area contributed by atoms with E-state index in [0.29, 0.717) is 11.4 Å². The Balaban J connectivity index is 2.46. The molecular weight excluding hydrogens is 260 g/mol. The molecule has 0 bridgehead atoms. The van der Waals surface area contributed by atoms with E-state index in [1.807, 2.05) is 24.0 Å². The molecule has 6 heteroatoms. The summed E-state index contributed by atoms with van der Waals surface area (Å²) in [5.41, 5.74) is 12.8. The number of hydrogen-bond acceptors (Lipinski definition) is 4. The molecule has 2 heterocycles. The fraction of sp³-hybridized carbons (Fsp3) is 0.462.